The first-order chi connectivity index (χ1) is 10.1. The summed E-state index contributed by atoms with van der Waals surface area (Å²) in [6, 6.07) is 9.60. The van der Waals surface area contributed by atoms with Gasteiger partial charge in [-0.3, -0.25) is 0 Å². The molecule has 21 heavy (non-hydrogen) atoms. The second-order valence-corrected chi connectivity index (χ2v) is 4.52. The van der Waals surface area contributed by atoms with Gasteiger partial charge in [-0.05, 0) is 41.8 Å². The van der Waals surface area contributed by atoms with Crippen LogP contribution in [0.2, 0.25) is 0 Å². The highest BCUT2D eigenvalue weighted by Crippen LogP contribution is 2.25. The molecule has 110 valence electrons. The van der Waals surface area contributed by atoms with Crippen molar-refractivity contribution in [3.05, 3.63) is 71.8 Å². The van der Waals surface area contributed by atoms with E-state index in [0.717, 1.165) is 5.56 Å². The molecular weight excluding hydrogens is 274 g/mol. The van der Waals surface area contributed by atoms with Crippen LogP contribution in [0.4, 0.5) is 8.78 Å². The smallest absolute Gasteiger partial charge is 0.191 e. The number of methoxy groups -OCH3 is 1. The number of ether oxygens (including phenoxy) is 2. The van der Waals surface area contributed by atoms with Crippen LogP contribution in [0.5, 0.6) is 11.5 Å². The highest BCUT2D eigenvalue weighted by atomic mass is 19.1. The molecular formula is C17H16F2O2. The molecule has 0 aliphatic carbocycles. The molecule has 0 unspecified atom stereocenters. The summed E-state index contributed by atoms with van der Waals surface area (Å²) in [5.74, 6) is -1.07. The van der Waals surface area contributed by atoms with E-state index in [4.69, 9.17) is 9.47 Å². The van der Waals surface area contributed by atoms with Gasteiger partial charge in [-0.1, -0.05) is 18.2 Å². The molecule has 0 radical (unpaired) electrons. The van der Waals surface area contributed by atoms with Crippen molar-refractivity contribution in [2.75, 3.05) is 7.11 Å². The Balaban J connectivity index is 2.10. The molecule has 0 aliphatic rings. The van der Waals surface area contributed by atoms with Gasteiger partial charge in [0.25, 0.3) is 0 Å². The minimum atomic E-state index is -0.708. The molecule has 0 saturated carbocycles. The molecule has 4 heteroatoms. The van der Waals surface area contributed by atoms with Crippen LogP contribution in [0.3, 0.4) is 0 Å². The Kier molecular flexibility index (Phi) is 4.93. The van der Waals surface area contributed by atoms with Gasteiger partial charge in [0.1, 0.15) is 12.4 Å². The summed E-state index contributed by atoms with van der Waals surface area (Å²) in [6.45, 7) is 3.62. The Bertz CT molecular complexity index is 598. The van der Waals surface area contributed by atoms with Gasteiger partial charge in [-0.2, -0.15) is 0 Å². The average molecular weight is 290 g/mol. The summed E-state index contributed by atoms with van der Waals surface area (Å²) < 4.78 is 38.0. The molecule has 2 aromatic rings. The van der Waals surface area contributed by atoms with E-state index >= 15 is 0 Å². The molecule has 0 bridgehead atoms. The summed E-state index contributed by atoms with van der Waals surface area (Å²) in [6.07, 6.45) is 2.00. The van der Waals surface area contributed by atoms with Crippen LogP contribution >= 0.6 is 0 Å². The second-order valence-electron chi connectivity index (χ2n) is 4.52. The van der Waals surface area contributed by atoms with Gasteiger partial charge in [0, 0.05) is 0 Å². The molecule has 2 rings (SSSR count). The van der Waals surface area contributed by atoms with E-state index in [2.05, 4.69) is 6.58 Å². The topological polar surface area (TPSA) is 18.5 Å². The zero-order valence-electron chi connectivity index (χ0n) is 11.7. The molecule has 0 aliphatic heterocycles. The molecule has 2 aromatic carbocycles. The highest BCUT2D eigenvalue weighted by Gasteiger charge is 2.12. The summed E-state index contributed by atoms with van der Waals surface area (Å²) in [4.78, 5) is 0. The maximum absolute atomic E-state index is 13.8. The maximum Gasteiger partial charge on any atom is 0.191 e. The first kappa shape index (κ1) is 15.0. The molecule has 0 aromatic heterocycles. The van der Waals surface area contributed by atoms with Crippen molar-refractivity contribution in [1.29, 1.82) is 0 Å². The lowest BCUT2D eigenvalue weighted by atomic mass is 10.1. The average Bonchev–Trinajstić information content (AvgIpc) is 2.47. The van der Waals surface area contributed by atoms with Crippen molar-refractivity contribution in [2.24, 2.45) is 0 Å². The largest absolute Gasteiger partial charge is 0.497 e. The highest BCUT2D eigenvalue weighted by molar-refractivity contribution is 5.33. The molecule has 0 N–H and O–H groups in total. The van der Waals surface area contributed by atoms with Gasteiger partial charge in [0.15, 0.2) is 17.4 Å². The van der Waals surface area contributed by atoms with Gasteiger partial charge in [-0.15, -0.1) is 6.58 Å². The second kappa shape index (κ2) is 6.88. The molecule has 0 saturated heterocycles. The summed E-state index contributed by atoms with van der Waals surface area (Å²) in [5, 5.41) is 0. The van der Waals surface area contributed by atoms with E-state index in [1.54, 1.807) is 37.5 Å². The van der Waals surface area contributed by atoms with Gasteiger partial charge < -0.3 is 9.47 Å². The third-order valence-corrected chi connectivity index (χ3v) is 2.98. The lowest BCUT2D eigenvalue weighted by Crippen LogP contribution is -2.01. The fourth-order valence-electron chi connectivity index (χ4n) is 1.91. The standard InChI is InChI=1S/C17H16F2O2/c1-3-4-13-9-15(18)17(16(19)10-13)21-11-12-5-7-14(20-2)8-6-12/h3,5-10H,1,4,11H2,2H3. The quantitative estimate of drug-likeness (QED) is 0.739. The van der Waals surface area contributed by atoms with Crippen LogP contribution < -0.4 is 9.47 Å². The zero-order chi connectivity index (χ0) is 15.2. The number of rotatable bonds is 6. The molecule has 0 atom stereocenters. The SMILES string of the molecule is C=CCc1cc(F)c(OCc2ccc(OC)cc2)c(F)c1. The Hall–Kier alpha value is -2.36. The third-order valence-electron chi connectivity index (χ3n) is 2.98. The van der Waals surface area contributed by atoms with Crippen LogP contribution in [0.25, 0.3) is 0 Å². The predicted octanol–water partition coefficient (Wildman–Crippen LogP) is 4.28. The molecule has 0 spiro atoms. The maximum atomic E-state index is 13.8. The van der Waals surface area contributed by atoms with Crippen molar-refractivity contribution in [2.45, 2.75) is 13.0 Å². The number of allylic oxidation sites excluding steroid dienone is 1. The van der Waals surface area contributed by atoms with E-state index in [1.807, 2.05) is 0 Å². The number of benzene rings is 2. The van der Waals surface area contributed by atoms with Gasteiger partial charge >= 0.3 is 0 Å². The molecule has 0 heterocycles. The molecule has 2 nitrogen and oxygen atoms in total. The zero-order valence-corrected chi connectivity index (χ0v) is 11.7. The fourth-order valence-corrected chi connectivity index (χ4v) is 1.91. The van der Waals surface area contributed by atoms with Crippen LogP contribution in [-0.4, -0.2) is 7.11 Å². The number of hydrogen-bond acceptors (Lipinski definition) is 2. The van der Waals surface area contributed by atoms with E-state index in [0.29, 0.717) is 17.7 Å². The molecule has 0 fully saturated rings. The first-order valence-corrected chi connectivity index (χ1v) is 6.48. The van der Waals surface area contributed by atoms with Crippen LogP contribution in [0.1, 0.15) is 11.1 Å². The van der Waals surface area contributed by atoms with Crippen molar-refractivity contribution in [3.63, 3.8) is 0 Å². The fraction of sp³-hybridized carbons (Fsp3) is 0.176. The van der Waals surface area contributed by atoms with Crippen molar-refractivity contribution < 1.29 is 18.3 Å². The van der Waals surface area contributed by atoms with E-state index in [1.165, 1.54) is 12.1 Å². The van der Waals surface area contributed by atoms with Crippen LogP contribution in [0.15, 0.2) is 49.1 Å². The van der Waals surface area contributed by atoms with E-state index in [9.17, 15) is 8.78 Å². The van der Waals surface area contributed by atoms with Gasteiger partial charge in [0.2, 0.25) is 0 Å². The minimum absolute atomic E-state index is 0.0820. The normalized spacial score (nSPS) is 10.2. The Morgan fingerprint density at radius 3 is 2.19 bits per heavy atom. The van der Waals surface area contributed by atoms with E-state index < -0.39 is 11.6 Å². The van der Waals surface area contributed by atoms with Crippen molar-refractivity contribution >= 4 is 0 Å². The Labute approximate surface area is 122 Å². The monoisotopic (exact) mass is 290 g/mol. The third kappa shape index (κ3) is 3.81. The van der Waals surface area contributed by atoms with Crippen LogP contribution in [-0.2, 0) is 13.0 Å². The van der Waals surface area contributed by atoms with Gasteiger partial charge in [-0.25, -0.2) is 8.78 Å². The number of halogens is 2. The predicted molar refractivity (Wildman–Crippen MR) is 77.6 cm³/mol. The summed E-state index contributed by atoms with van der Waals surface area (Å²) >= 11 is 0. The Morgan fingerprint density at radius 2 is 1.67 bits per heavy atom. The Morgan fingerprint density at radius 1 is 1.05 bits per heavy atom. The van der Waals surface area contributed by atoms with Gasteiger partial charge in [0.05, 0.1) is 7.11 Å². The van der Waals surface area contributed by atoms with Crippen molar-refractivity contribution in [3.8, 4) is 11.5 Å². The first-order valence-electron chi connectivity index (χ1n) is 6.48. The van der Waals surface area contributed by atoms with E-state index in [-0.39, 0.29) is 12.4 Å². The van der Waals surface area contributed by atoms with Crippen molar-refractivity contribution in [1.82, 2.24) is 0 Å². The van der Waals surface area contributed by atoms with Crippen LogP contribution in [0, 0.1) is 11.6 Å². The lowest BCUT2D eigenvalue weighted by Gasteiger charge is -2.10. The lowest BCUT2D eigenvalue weighted by molar-refractivity contribution is 0.273. The minimum Gasteiger partial charge on any atom is -0.497 e. The summed E-state index contributed by atoms with van der Waals surface area (Å²) in [5.41, 5.74) is 1.32. The number of hydrogen-bond donors (Lipinski definition) is 0. The summed E-state index contributed by atoms with van der Waals surface area (Å²) in [7, 11) is 1.57. The molecule has 0 amide bonds.